The molecule has 0 radical (unpaired) electrons. The maximum Gasteiger partial charge on any atom is 0.410 e. The van der Waals surface area contributed by atoms with Crippen molar-refractivity contribution >= 4 is 23.8 Å². The van der Waals surface area contributed by atoms with Gasteiger partial charge in [0, 0.05) is 17.8 Å². The number of carbonyl (C=O) groups excluding carboxylic acids is 2. The third kappa shape index (κ3) is 6.19. The monoisotopic (exact) mass is 359 g/mol. The number of carbonyl (C=O) groups is 2. The van der Waals surface area contributed by atoms with Gasteiger partial charge in [0.1, 0.15) is 11.2 Å². The van der Waals surface area contributed by atoms with Crippen molar-refractivity contribution in [3.8, 4) is 0 Å². The first-order valence-corrected chi connectivity index (χ1v) is 9.90. The first kappa shape index (κ1) is 21.1. The zero-order valence-electron chi connectivity index (χ0n) is 16.3. The average molecular weight is 360 g/mol. The standard InChI is InChI=1S/C18H33NO4S/c1-12(15(20)22-17(2,3)4)14(24-8)13-10-9-11-19(13)16(21)23-18(5,6)7/h12-14H,9-11H2,1-8H3. The van der Waals surface area contributed by atoms with Gasteiger partial charge in [0.25, 0.3) is 0 Å². The van der Waals surface area contributed by atoms with Gasteiger partial charge in [-0.05, 0) is 60.6 Å². The normalized spacial score (nSPS) is 21.3. The molecule has 0 aromatic carbocycles. The Kier molecular flexibility index (Phi) is 7.03. The highest BCUT2D eigenvalue weighted by Gasteiger charge is 2.41. The van der Waals surface area contributed by atoms with Crippen LogP contribution in [0.15, 0.2) is 0 Å². The number of thioether (sulfide) groups is 1. The highest BCUT2D eigenvalue weighted by atomic mass is 32.2. The van der Waals surface area contributed by atoms with Crippen molar-refractivity contribution in [3.05, 3.63) is 0 Å². The first-order chi connectivity index (χ1) is 10.9. The second-order valence-corrected chi connectivity index (χ2v) is 9.42. The van der Waals surface area contributed by atoms with Crippen molar-refractivity contribution < 1.29 is 19.1 Å². The second-order valence-electron chi connectivity index (χ2n) is 8.41. The Morgan fingerprint density at radius 1 is 1.08 bits per heavy atom. The number of ether oxygens (including phenoxy) is 2. The lowest BCUT2D eigenvalue weighted by Crippen LogP contribution is -2.47. The highest BCUT2D eigenvalue weighted by molar-refractivity contribution is 7.99. The Bertz CT molecular complexity index is 453. The Hall–Kier alpha value is -0.910. The largest absolute Gasteiger partial charge is 0.460 e. The maximum atomic E-state index is 12.5. The van der Waals surface area contributed by atoms with Crippen LogP contribution in [-0.2, 0) is 14.3 Å². The SMILES string of the molecule is CSC(C(C)C(=O)OC(C)(C)C)C1CCCN1C(=O)OC(C)(C)C. The lowest BCUT2D eigenvalue weighted by molar-refractivity contribution is -0.159. The van der Waals surface area contributed by atoms with E-state index in [1.807, 2.05) is 54.7 Å². The summed E-state index contributed by atoms with van der Waals surface area (Å²) in [4.78, 5) is 26.7. The zero-order valence-corrected chi connectivity index (χ0v) is 17.2. The molecule has 1 amide bonds. The van der Waals surface area contributed by atoms with Gasteiger partial charge in [0.15, 0.2) is 0 Å². The van der Waals surface area contributed by atoms with Crippen molar-refractivity contribution in [2.45, 2.75) is 83.8 Å². The van der Waals surface area contributed by atoms with E-state index in [9.17, 15) is 9.59 Å². The minimum absolute atomic E-state index is 0.00244. The molecule has 140 valence electrons. The van der Waals surface area contributed by atoms with Gasteiger partial charge in [-0.25, -0.2) is 4.79 Å². The molecule has 5 nitrogen and oxygen atoms in total. The number of hydrogen-bond acceptors (Lipinski definition) is 5. The predicted octanol–water partition coefficient (Wildman–Crippen LogP) is 4.10. The molecule has 6 heteroatoms. The van der Waals surface area contributed by atoms with Gasteiger partial charge in [0.05, 0.1) is 5.92 Å². The Morgan fingerprint density at radius 2 is 1.62 bits per heavy atom. The van der Waals surface area contributed by atoms with Crippen molar-refractivity contribution in [1.82, 2.24) is 4.90 Å². The first-order valence-electron chi connectivity index (χ1n) is 8.61. The molecule has 1 fully saturated rings. The van der Waals surface area contributed by atoms with Gasteiger partial charge < -0.3 is 14.4 Å². The smallest absolute Gasteiger partial charge is 0.410 e. The van der Waals surface area contributed by atoms with Gasteiger partial charge in [-0.2, -0.15) is 11.8 Å². The fourth-order valence-electron chi connectivity index (χ4n) is 2.90. The van der Waals surface area contributed by atoms with Crippen molar-refractivity contribution in [1.29, 1.82) is 0 Å². The van der Waals surface area contributed by atoms with E-state index >= 15 is 0 Å². The lowest BCUT2D eigenvalue weighted by Gasteiger charge is -2.35. The Labute approximate surface area is 150 Å². The maximum absolute atomic E-state index is 12.5. The molecule has 1 saturated heterocycles. The third-order valence-corrected chi connectivity index (χ3v) is 5.12. The van der Waals surface area contributed by atoms with E-state index in [1.165, 1.54) is 0 Å². The van der Waals surface area contributed by atoms with E-state index in [0.717, 1.165) is 12.8 Å². The number of rotatable bonds is 4. The summed E-state index contributed by atoms with van der Waals surface area (Å²) < 4.78 is 11.1. The summed E-state index contributed by atoms with van der Waals surface area (Å²) >= 11 is 1.62. The van der Waals surface area contributed by atoms with Crippen molar-refractivity contribution in [2.24, 2.45) is 5.92 Å². The van der Waals surface area contributed by atoms with Crippen LogP contribution in [0.5, 0.6) is 0 Å². The van der Waals surface area contributed by atoms with Crippen molar-refractivity contribution in [2.75, 3.05) is 12.8 Å². The van der Waals surface area contributed by atoms with Crippen LogP contribution in [0.1, 0.15) is 61.3 Å². The summed E-state index contributed by atoms with van der Waals surface area (Å²) in [6.07, 6.45) is 3.51. The number of nitrogens with zero attached hydrogens (tertiary/aromatic N) is 1. The average Bonchev–Trinajstić information content (AvgIpc) is 2.84. The molecule has 24 heavy (non-hydrogen) atoms. The summed E-state index contributed by atoms with van der Waals surface area (Å²) in [6.45, 7) is 13.8. The van der Waals surface area contributed by atoms with Crippen LogP contribution in [0.3, 0.4) is 0 Å². The van der Waals surface area contributed by atoms with Crippen LogP contribution in [0.25, 0.3) is 0 Å². The number of likely N-dealkylation sites (tertiary alicyclic amines) is 1. The van der Waals surface area contributed by atoms with E-state index in [2.05, 4.69) is 0 Å². The van der Waals surface area contributed by atoms with Gasteiger partial charge in [-0.15, -0.1) is 0 Å². The fourth-order valence-corrected chi connectivity index (χ4v) is 4.02. The molecule has 0 aliphatic carbocycles. The topological polar surface area (TPSA) is 55.8 Å². The van der Waals surface area contributed by atoms with Crippen molar-refractivity contribution in [3.63, 3.8) is 0 Å². The van der Waals surface area contributed by atoms with Crippen LogP contribution in [0.2, 0.25) is 0 Å². The summed E-state index contributed by atoms with van der Waals surface area (Å²) in [5.74, 6) is -0.495. The number of esters is 1. The molecule has 0 bridgehead atoms. The molecule has 1 aliphatic heterocycles. The molecule has 0 saturated carbocycles. The second kappa shape index (κ2) is 7.98. The molecule has 3 unspecified atom stereocenters. The molecule has 0 N–H and O–H groups in total. The summed E-state index contributed by atoms with van der Waals surface area (Å²) in [5, 5.41) is -0.00475. The van der Waals surface area contributed by atoms with Gasteiger partial charge in [-0.1, -0.05) is 6.92 Å². The van der Waals surface area contributed by atoms with Crippen LogP contribution >= 0.6 is 11.8 Å². The van der Waals surface area contributed by atoms with E-state index in [-0.39, 0.29) is 29.3 Å². The number of amides is 1. The summed E-state index contributed by atoms with van der Waals surface area (Å²) in [7, 11) is 0. The van der Waals surface area contributed by atoms with E-state index in [1.54, 1.807) is 16.7 Å². The van der Waals surface area contributed by atoms with Gasteiger partial charge in [-0.3, -0.25) is 4.79 Å². The van der Waals surface area contributed by atoms with Crippen LogP contribution < -0.4 is 0 Å². The summed E-state index contributed by atoms with van der Waals surface area (Å²) in [5.41, 5.74) is -1.02. The molecule has 1 aliphatic rings. The molecule has 0 aromatic heterocycles. The van der Waals surface area contributed by atoms with E-state index in [0.29, 0.717) is 6.54 Å². The third-order valence-electron chi connectivity index (χ3n) is 3.85. The molecule has 0 aromatic rings. The van der Waals surface area contributed by atoms with Crippen LogP contribution in [0, 0.1) is 5.92 Å². The van der Waals surface area contributed by atoms with E-state index < -0.39 is 11.2 Å². The highest BCUT2D eigenvalue weighted by Crippen LogP contribution is 2.33. The summed E-state index contributed by atoms with van der Waals surface area (Å²) in [6, 6.07) is -0.00244. The molecule has 1 heterocycles. The molecular formula is C18H33NO4S. The quantitative estimate of drug-likeness (QED) is 0.708. The Morgan fingerprint density at radius 3 is 2.08 bits per heavy atom. The van der Waals surface area contributed by atoms with Crippen LogP contribution in [-0.4, -0.2) is 52.3 Å². The van der Waals surface area contributed by atoms with E-state index in [4.69, 9.17) is 9.47 Å². The lowest BCUT2D eigenvalue weighted by atomic mass is 9.99. The van der Waals surface area contributed by atoms with Gasteiger partial charge >= 0.3 is 12.1 Å². The molecule has 1 rings (SSSR count). The predicted molar refractivity (Wildman–Crippen MR) is 98.3 cm³/mol. The minimum atomic E-state index is -0.518. The minimum Gasteiger partial charge on any atom is -0.460 e. The molecular weight excluding hydrogens is 326 g/mol. The van der Waals surface area contributed by atoms with Gasteiger partial charge in [0.2, 0.25) is 0 Å². The molecule has 3 atom stereocenters. The fraction of sp³-hybridized carbons (Fsp3) is 0.889. The zero-order chi connectivity index (χ0) is 18.7. The van der Waals surface area contributed by atoms with Crippen LogP contribution in [0.4, 0.5) is 4.79 Å². The number of hydrogen-bond donors (Lipinski definition) is 0. The molecule has 0 spiro atoms. The Balaban J connectivity index is 2.85.